The van der Waals surface area contributed by atoms with Crippen molar-refractivity contribution in [3.63, 3.8) is 0 Å². The molecule has 0 heterocycles. The van der Waals surface area contributed by atoms with Crippen LogP contribution in [0.1, 0.15) is 101 Å². The van der Waals surface area contributed by atoms with E-state index in [9.17, 15) is 10.1 Å². The third-order valence-corrected chi connectivity index (χ3v) is 22.6. The van der Waals surface area contributed by atoms with Crippen molar-refractivity contribution in [2.24, 2.45) is 5.92 Å². The van der Waals surface area contributed by atoms with Crippen LogP contribution in [-0.4, -0.2) is 67.3 Å². The van der Waals surface area contributed by atoms with Gasteiger partial charge in [0.15, 0.2) is 8.32 Å². The van der Waals surface area contributed by atoms with Gasteiger partial charge in [-0.1, -0.05) is 93.5 Å². The molecule has 0 amide bonds. The van der Waals surface area contributed by atoms with Gasteiger partial charge in [0.05, 0.1) is 56.8 Å². The van der Waals surface area contributed by atoms with E-state index in [1.807, 2.05) is 24.3 Å². The maximum atomic E-state index is 11.4. The van der Waals surface area contributed by atoms with Gasteiger partial charge in [-0.2, -0.15) is 0 Å². The lowest BCUT2D eigenvalue weighted by atomic mass is 9.88. The Balaban J connectivity index is 2.53. The van der Waals surface area contributed by atoms with Crippen molar-refractivity contribution in [3.8, 4) is 5.75 Å². The van der Waals surface area contributed by atoms with Crippen LogP contribution >= 0.6 is 0 Å². The normalized spacial score (nSPS) is 15.7. The van der Waals surface area contributed by atoms with Gasteiger partial charge in [0, 0.05) is 31.6 Å². The smallest absolute Gasteiger partial charge is 0.269 e. The molecule has 0 aliphatic heterocycles. The van der Waals surface area contributed by atoms with Crippen molar-refractivity contribution in [3.05, 3.63) is 93.1 Å². The van der Waals surface area contributed by atoms with Gasteiger partial charge in [-0.05, 0) is 95.1 Å². The zero-order valence-corrected chi connectivity index (χ0v) is 39.6. The van der Waals surface area contributed by atoms with Crippen LogP contribution in [0.15, 0.2) is 71.8 Å². The van der Waals surface area contributed by atoms with Gasteiger partial charge in [-0.25, -0.2) is 0 Å². The molecular weight excluding hydrogens is 739 g/mol. The number of ether oxygens (including phenoxy) is 4. The van der Waals surface area contributed by atoms with Gasteiger partial charge >= 0.3 is 0 Å². The number of nitro benzene ring substituents is 1. The second-order valence-electron chi connectivity index (χ2n) is 17.8. The number of non-ortho nitro benzene ring substituents is 1. The lowest BCUT2D eigenvalue weighted by Crippen LogP contribution is -2.51. The topological polar surface area (TPSA) is 98.5 Å². The van der Waals surface area contributed by atoms with E-state index < -0.39 is 16.6 Å². The zero-order valence-electron chi connectivity index (χ0n) is 37.6. The van der Waals surface area contributed by atoms with E-state index >= 15 is 0 Å². The Kier molecular flexibility index (Phi) is 19.9. The summed E-state index contributed by atoms with van der Waals surface area (Å²) in [5.41, 5.74) is 5.38. The molecule has 2 aromatic rings. The highest BCUT2D eigenvalue weighted by Gasteiger charge is 2.47. The van der Waals surface area contributed by atoms with Crippen LogP contribution in [-0.2, 0) is 36.3 Å². The van der Waals surface area contributed by atoms with Gasteiger partial charge in [0.25, 0.3) is 5.69 Å². The monoisotopic (exact) mass is 814 g/mol. The molecule has 0 radical (unpaired) electrons. The van der Waals surface area contributed by atoms with E-state index in [1.165, 1.54) is 12.1 Å². The highest BCUT2D eigenvalue weighted by Crippen LogP contribution is 2.45. The maximum absolute atomic E-state index is 11.4. The molecule has 316 valence electrons. The Morgan fingerprint density at radius 1 is 0.786 bits per heavy atom. The summed E-state index contributed by atoms with van der Waals surface area (Å²) in [4.78, 5) is 11.0. The van der Waals surface area contributed by atoms with E-state index in [0.717, 1.165) is 28.0 Å². The third kappa shape index (κ3) is 14.0. The summed E-state index contributed by atoms with van der Waals surface area (Å²) >= 11 is 0. The van der Waals surface area contributed by atoms with Crippen LogP contribution < -0.4 is 4.74 Å². The van der Waals surface area contributed by atoms with Crippen molar-refractivity contribution in [1.29, 1.82) is 0 Å². The van der Waals surface area contributed by atoms with Crippen molar-refractivity contribution in [1.82, 2.24) is 0 Å². The average Bonchev–Trinajstić information content (AvgIpc) is 3.12. The number of benzene rings is 2. The van der Waals surface area contributed by atoms with Crippen molar-refractivity contribution in [2.45, 2.75) is 156 Å². The van der Waals surface area contributed by atoms with Crippen LogP contribution in [0.5, 0.6) is 5.75 Å². The summed E-state index contributed by atoms with van der Waals surface area (Å²) in [6.07, 6.45) is 4.17. The maximum Gasteiger partial charge on any atom is 0.269 e. The van der Waals surface area contributed by atoms with Gasteiger partial charge < -0.3 is 27.8 Å². The molecule has 0 unspecified atom stereocenters. The molecule has 0 fully saturated rings. The Morgan fingerprint density at radius 3 is 1.79 bits per heavy atom. The molecule has 2 rings (SSSR count). The van der Waals surface area contributed by atoms with Crippen molar-refractivity contribution >= 4 is 22.3 Å². The molecule has 56 heavy (non-hydrogen) atoms. The van der Waals surface area contributed by atoms with Crippen LogP contribution in [0.2, 0.25) is 34.8 Å². The Morgan fingerprint density at radius 2 is 1.30 bits per heavy atom. The van der Waals surface area contributed by atoms with E-state index in [-0.39, 0.29) is 39.9 Å². The zero-order chi connectivity index (χ0) is 42.4. The first kappa shape index (κ1) is 49.5. The van der Waals surface area contributed by atoms with Crippen LogP contribution in [0, 0.1) is 16.0 Å². The fourth-order valence-electron chi connectivity index (χ4n) is 7.49. The predicted molar refractivity (Wildman–Crippen MR) is 235 cm³/mol. The van der Waals surface area contributed by atoms with Crippen molar-refractivity contribution in [2.75, 3.05) is 27.4 Å². The fourth-order valence-corrected chi connectivity index (χ4v) is 14.0. The molecule has 2 aromatic carbocycles. The van der Waals surface area contributed by atoms with Crippen LogP contribution in [0.4, 0.5) is 5.69 Å². The highest BCUT2D eigenvalue weighted by molar-refractivity contribution is 6.77. The second-order valence-corrected chi connectivity index (χ2v) is 28.0. The molecule has 0 spiro atoms. The highest BCUT2D eigenvalue weighted by atomic mass is 28.4. The molecule has 0 bridgehead atoms. The molecule has 0 N–H and O–H groups in total. The standard InChI is InChI=1S/C45H75NO8Si2/c1-32(2)56(33(3)4,34(5)6)54-42(35(7)26-28-53-55(15,16)45(10,11)12)29-43(52-31-39-17-21-40(22-18-39)46(47)48)37(9)44(50-14)36(8)25-27-51-30-38-19-23-41(49-13)24-20-38/h17-26,32-34,37,42-44H,27-31H2,1-16H3/b35-26+,36-25+/t37-,42-,43-,44-/m0/s1. The summed E-state index contributed by atoms with van der Waals surface area (Å²) < 4.78 is 38.7. The lowest BCUT2D eigenvalue weighted by molar-refractivity contribution is -0.384. The predicted octanol–water partition coefficient (Wildman–Crippen LogP) is 12.2. The minimum atomic E-state index is -2.34. The molecule has 11 heteroatoms. The number of hydrogen-bond acceptors (Lipinski definition) is 8. The Hall–Kier alpha value is -2.65. The Labute approximate surface area is 341 Å². The summed E-state index contributed by atoms with van der Waals surface area (Å²) in [6.45, 7) is 33.5. The first-order valence-electron chi connectivity index (χ1n) is 20.3. The second kappa shape index (κ2) is 22.5. The molecule has 4 atom stereocenters. The molecule has 0 saturated heterocycles. The van der Waals surface area contributed by atoms with Crippen LogP contribution in [0.3, 0.4) is 0 Å². The lowest BCUT2D eigenvalue weighted by Gasteiger charge is -2.46. The van der Waals surface area contributed by atoms with Crippen LogP contribution in [0.25, 0.3) is 0 Å². The SMILES string of the molecule is COc1ccc(COC/C=C(\C)[C@H](OC)[C@@H](C)[C@H](C[C@H](O[Si](C(C)C)(C(C)C)C(C)C)/C(C)=C/CO[Si](C)(C)C(C)(C)C)OCc2ccc([N+](=O)[O-])cc2)cc1. The quantitative estimate of drug-likeness (QED) is 0.0340. The molecular formula is C45H75NO8Si2. The first-order valence-corrected chi connectivity index (χ1v) is 25.4. The van der Waals surface area contributed by atoms with E-state index in [1.54, 1.807) is 26.4 Å². The van der Waals surface area contributed by atoms with E-state index in [4.69, 9.17) is 27.8 Å². The minimum absolute atomic E-state index is 0.0552. The number of methoxy groups -OCH3 is 2. The van der Waals surface area contributed by atoms with Gasteiger partial charge in [-0.15, -0.1) is 0 Å². The van der Waals surface area contributed by atoms with E-state index in [0.29, 0.717) is 49.5 Å². The van der Waals surface area contributed by atoms with Crippen molar-refractivity contribution < 1.29 is 32.7 Å². The molecule has 9 nitrogen and oxygen atoms in total. The largest absolute Gasteiger partial charge is 0.497 e. The Bertz CT molecular complexity index is 1510. The van der Waals surface area contributed by atoms with Gasteiger partial charge in [0.1, 0.15) is 5.75 Å². The van der Waals surface area contributed by atoms with Gasteiger partial charge in [-0.3, -0.25) is 10.1 Å². The van der Waals surface area contributed by atoms with Gasteiger partial charge in [0.2, 0.25) is 8.32 Å². The third-order valence-electron chi connectivity index (χ3n) is 12.0. The number of hydrogen-bond donors (Lipinski definition) is 0. The summed E-state index contributed by atoms with van der Waals surface area (Å²) in [7, 11) is -0.901. The number of nitrogens with zero attached hydrogens (tertiary/aromatic N) is 1. The molecule has 0 aliphatic carbocycles. The number of rotatable bonds is 24. The molecule has 0 aromatic heterocycles. The summed E-state index contributed by atoms with van der Waals surface area (Å²) in [5.74, 6) is 0.738. The summed E-state index contributed by atoms with van der Waals surface area (Å²) in [5, 5.41) is 11.5. The van der Waals surface area contributed by atoms with E-state index in [2.05, 4.69) is 108 Å². The first-order chi connectivity index (χ1) is 26.1. The molecule has 0 saturated carbocycles. The number of nitro groups is 1. The molecule has 0 aliphatic rings. The average molecular weight is 814 g/mol. The minimum Gasteiger partial charge on any atom is -0.497 e. The summed E-state index contributed by atoms with van der Waals surface area (Å²) in [6, 6.07) is 14.5. The fraction of sp³-hybridized carbons (Fsp3) is 0.644.